The van der Waals surface area contributed by atoms with Crippen molar-refractivity contribution < 1.29 is 4.42 Å². The summed E-state index contributed by atoms with van der Waals surface area (Å²) in [6.07, 6.45) is 0. The van der Waals surface area contributed by atoms with Crippen LogP contribution in [-0.4, -0.2) is 24.1 Å². The van der Waals surface area contributed by atoms with Crippen LogP contribution in [0.15, 0.2) is 253 Å². The normalized spacial score (nSPS) is 12.0. The zero-order valence-electron chi connectivity index (χ0n) is 40.3. The molecule has 0 aliphatic heterocycles. The third-order valence-corrected chi connectivity index (χ3v) is 15.3. The average molecular weight is 956 g/mol. The molecule has 348 valence electrons. The van der Waals surface area contributed by atoms with Gasteiger partial charge in [-0.1, -0.05) is 182 Å². The first-order valence-corrected chi connectivity index (χ1v) is 25.4. The zero-order valence-corrected chi connectivity index (χ0v) is 40.3. The summed E-state index contributed by atoms with van der Waals surface area (Å²) in [5, 5.41) is 13.8. The Bertz CT molecular complexity index is 5010. The van der Waals surface area contributed by atoms with Gasteiger partial charge < -0.3 is 13.6 Å². The third-order valence-electron chi connectivity index (χ3n) is 15.3. The van der Waals surface area contributed by atoms with E-state index in [4.69, 9.17) is 19.4 Å². The Morgan fingerprint density at radius 1 is 0.280 bits per heavy atom. The van der Waals surface area contributed by atoms with Crippen LogP contribution in [-0.2, 0) is 0 Å². The lowest BCUT2D eigenvalue weighted by molar-refractivity contribution is 0.668. The summed E-state index contributed by atoms with van der Waals surface area (Å²) in [6, 6.07) is 88.7. The van der Waals surface area contributed by atoms with Crippen LogP contribution in [0.3, 0.4) is 0 Å². The number of aromatic nitrogens is 5. The van der Waals surface area contributed by atoms with E-state index in [2.05, 4.69) is 252 Å². The summed E-state index contributed by atoms with van der Waals surface area (Å²) in [5.74, 6) is 1.73. The first-order chi connectivity index (χ1) is 37.2. The fourth-order valence-electron chi connectivity index (χ4n) is 11.9. The summed E-state index contributed by atoms with van der Waals surface area (Å²) < 4.78 is 11.8. The number of fused-ring (bicyclic) bond motifs is 13. The van der Waals surface area contributed by atoms with Gasteiger partial charge in [-0.25, -0.2) is 15.0 Å². The van der Waals surface area contributed by atoms with Gasteiger partial charge in [-0.2, -0.15) is 0 Å². The molecule has 0 radical (unpaired) electrons. The average Bonchev–Trinajstić information content (AvgIpc) is 4.13. The van der Waals surface area contributed by atoms with Crippen molar-refractivity contribution in [2.24, 2.45) is 0 Å². The lowest BCUT2D eigenvalue weighted by Gasteiger charge is -2.15. The maximum absolute atomic E-state index is 7.03. The molecule has 12 aromatic carbocycles. The van der Waals surface area contributed by atoms with Gasteiger partial charge in [0.15, 0.2) is 17.5 Å². The lowest BCUT2D eigenvalue weighted by atomic mass is 9.98. The highest BCUT2D eigenvalue weighted by Gasteiger charge is 2.24. The van der Waals surface area contributed by atoms with E-state index < -0.39 is 0 Å². The van der Waals surface area contributed by atoms with Gasteiger partial charge in [0, 0.05) is 66.3 Å². The van der Waals surface area contributed by atoms with Crippen molar-refractivity contribution in [2.45, 2.75) is 0 Å². The highest BCUT2D eigenvalue weighted by Crippen LogP contribution is 2.45. The fourth-order valence-corrected chi connectivity index (χ4v) is 11.9. The number of para-hydroxylation sites is 2. The van der Waals surface area contributed by atoms with Gasteiger partial charge in [0.25, 0.3) is 0 Å². The molecular formula is C69H41N5O. The van der Waals surface area contributed by atoms with Crippen LogP contribution < -0.4 is 0 Å². The van der Waals surface area contributed by atoms with Crippen molar-refractivity contribution in [3.8, 4) is 56.7 Å². The van der Waals surface area contributed by atoms with Crippen molar-refractivity contribution >= 4 is 97.9 Å². The molecule has 75 heavy (non-hydrogen) atoms. The van der Waals surface area contributed by atoms with Crippen LogP contribution >= 0.6 is 0 Å². The molecular weight excluding hydrogens is 915 g/mol. The molecule has 0 spiro atoms. The molecule has 4 aromatic heterocycles. The number of hydrogen-bond donors (Lipinski definition) is 0. The minimum absolute atomic E-state index is 0.562. The van der Waals surface area contributed by atoms with E-state index in [1.54, 1.807) is 0 Å². The Morgan fingerprint density at radius 2 is 0.893 bits per heavy atom. The van der Waals surface area contributed by atoms with Gasteiger partial charge in [-0.15, -0.1) is 0 Å². The summed E-state index contributed by atoms with van der Waals surface area (Å²) in [7, 11) is 0. The standard InChI is InChI=1S/C69H41N5O/c1-3-17-43(18-4-1)55-40-57-64(41-62(55)74-59-35-33-44-19-11-12-25-51(44)65(59)56-37-46-21-9-10-22-47(46)38-61(56)74)75-63-29-15-27-54(66(57)63)69-71-67(48-31-30-42-16-7-8-20-45(42)36-48)70-68(72-69)49-32-34-53-52-26-13-14-28-58(52)73(60(53)39-49)50-23-5-2-6-24-50/h1-41H. The Kier molecular flexibility index (Phi) is 8.94. The minimum Gasteiger partial charge on any atom is -0.456 e. The highest BCUT2D eigenvalue weighted by molar-refractivity contribution is 6.24. The molecule has 0 saturated heterocycles. The molecule has 0 amide bonds. The highest BCUT2D eigenvalue weighted by atomic mass is 16.3. The number of benzene rings is 12. The first kappa shape index (κ1) is 41.4. The van der Waals surface area contributed by atoms with Gasteiger partial charge in [-0.3, -0.25) is 0 Å². The molecule has 0 bridgehead atoms. The number of rotatable bonds is 6. The van der Waals surface area contributed by atoms with E-state index in [0.717, 1.165) is 99.4 Å². The maximum Gasteiger partial charge on any atom is 0.164 e. The fraction of sp³-hybridized carbons (Fsp3) is 0. The summed E-state index contributed by atoms with van der Waals surface area (Å²) >= 11 is 0. The van der Waals surface area contributed by atoms with Crippen molar-refractivity contribution in [3.63, 3.8) is 0 Å². The van der Waals surface area contributed by atoms with Gasteiger partial charge in [0.05, 0.1) is 27.8 Å². The SMILES string of the molecule is c1ccc(-c2cc3c(cc2-n2c4cc5ccccc5cc4c4c5ccccc5ccc42)oc2cccc(-c4nc(-c5ccc6ccccc6c5)nc(-c5ccc6c7ccccc7n(-c7ccccc7)c6c5)n4)c23)cc1. The van der Waals surface area contributed by atoms with Crippen LogP contribution in [0.25, 0.3) is 155 Å². The molecule has 0 atom stereocenters. The quantitative estimate of drug-likeness (QED) is 0.167. The van der Waals surface area contributed by atoms with E-state index in [1.807, 2.05) is 6.07 Å². The van der Waals surface area contributed by atoms with Crippen LogP contribution in [0.4, 0.5) is 0 Å². The molecule has 0 N–H and O–H groups in total. The topological polar surface area (TPSA) is 61.7 Å². The molecule has 16 aromatic rings. The molecule has 0 aliphatic carbocycles. The second kappa shape index (κ2) is 16.2. The monoisotopic (exact) mass is 955 g/mol. The van der Waals surface area contributed by atoms with Gasteiger partial charge >= 0.3 is 0 Å². The molecule has 6 nitrogen and oxygen atoms in total. The Labute approximate surface area is 429 Å². The van der Waals surface area contributed by atoms with E-state index >= 15 is 0 Å². The van der Waals surface area contributed by atoms with E-state index in [-0.39, 0.29) is 0 Å². The molecule has 6 heteroatoms. The number of hydrogen-bond acceptors (Lipinski definition) is 4. The molecule has 0 fully saturated rings. The summed E-state index contributed by atoms with van der Waals surface area (Å²) in [6.45, 7) is 0. The zero-order chi connectivity index (χ0) is 49.1. The van der Waals surface area contributed by atoms with E-state index in [1.165, 1.54) is 37.7 Å². The number of nitrogens with zero attached hydrogens (tertiary/aromatic N) is 5. The van der Waals surface area contributed by atoms with Crippen molar-refractivity contribution in [2.75, 3.05) is 0 Å². The Morgan fingerprint density at radius 3 is 1.71 bits per heavy atom. The molecule has 0 aliphatic rings. The summed E-state index contributed by atoms with van der Waals surface area (Å²) in [4.78, 5) is 16.2. The second-order valence-corrected chi connectivity index (χ2v) is 19.5. The predicted molar refractivity (Wildman–Crippen MR) is 310 cm³/mol. The molecule has 0 saturated carbocycles. The van der Waals surface area contributed by atoms with Crippen LogP contribution in [0.2, 0.25) is 0 Å². The smallest absolute Gasteiger partial charge is 0.164 e. The van der Waals surface area contributed by atoms with Crippen LogP contribution in [0, 0.1) is 0 Å². The minimum atomic E-state index is 0.562. The van der Waals surface area contributed by atoms with E-state index in [9.17, 15) is 0 Å². The van der Waals surface area contributed by atoms with Gasteiger partial charge in [0.2, 0.25) is 0 Å². The van der Waals surface area contributed by atoms with Crippen molar-refractivity contribution in [3.05, 3.63) is 249 Å². The third kappa shape index (κ3) is 6.43. The molecule has 0 unspecified atom stereocenters. The van der Waals surface area contributed by atoms with Crippen LogP contribution in [0.5, 0.6) is 0 Å². The molecule has 4 heterocycles. The Balaban J connectivity index is 0.956. The largest absolute Gasteiger partial charge is 0.456 e. The van der Waals surface area contributed by atoms with Crippen molar-refractivity contribution in [1.82, 2.24) is 24.1 Å². The predicted octanol–water partition coefficient (Wildman–Crippen LogP) is 18.1. The lowest BCUT2D eigenvalue weighted by Crippen LogP contribution is -2.01. The molecule has 16 rings (SSSR count). The van der Waals surface area contributed by atoms with Crippen LogP contribution in [0.1, 0.15) is 0 Å². The first-order valence-electron chi connectivity index (χ1n) is 25.4. The maximum atomic E-state index is 7.03. The number of furan rings is 1. The van der Waals surface area contributed by atoms with Gasteiger partial charge in [-0.05, 0) is 98.5 Å². The Hall–Kier alpha value is -10.2. The van der Waals surface area contributed by atoms with Gasteiger partial charge in [0.1, 0.15) is 11.2 Å². The summed E-state index contributed by atoms with van der Waals surface area (Å²) in [5.41, 5.74) is 13.0. The van der Waals surface area contributed by atoms with Crippen molar-refractivity contribution in [1.29, 1.82) is 0 Å². The second-order valence-electron chi connectivity index (χ2n) is 19.5. The van der Waals surface area contributed by atoms with E-state index in [0.29, 0.717) is 17.5 Å².